The number of nitrogens with two attached hydrogens (primary N) is 1. The molecule has 0 saturated heterocycles. The highest BCUT2D eigenvalue weighted by atomic mass is 16.1. The van der Waals surface area contributed by atoms with Crippen molar-refractivity contribution in [3.8, 4) is 0 Å². The highest BCUT2D eigenvalue weighted by Gasteiger charge is 2.15. The fourth-order valence-electron chi connectivity index (χ4n) is 3.12. The van der Waals surface area contributed by atoms with Crippen LogP contribution in [0.5, 0.6) is 0 Å². The van der Waals surface area contributed by atoms with Crippen LogP contribution in [0.25, 0.3) is 10.9 Å². The lowest BCUT2D eigenvalue weighted by molar-refractivity contribution is -0.118. The number of primary amides is 1. The van der Waals surface area contributed by atoms with Crippen molar-refractivity contribution in [2.24, 2.45) is 5.73 Å². The van der Waals surface area contributed by atoms with E-state index in [9.17, 15) is 4.79 Å². The zero-order chi connectivity index (χ0) is 17.1. The number of para-hydroxylation sites is 1. The summed E-state index contributed by atoms with van der Waals surface area (Å²) in [7, 11) is 0. The summed E-state index contributed by atoms with van der Waals surface area (Å²) in [6, 6.07) is 10.3. The normalized spacial score (nSPS) is 12.6. The van der Waals surface area contributed by atoms with Crippen LogP contribution in [0.1, 0.15) is 18.2 Å². The van der Waals surface area contributed by atoms with Gasteiger partial charge in [0.15, 0.2) is 0 Å². The average molecular weight is 325 g/mol. The molecule has 1 aromatic carbocycles. The van der Waals surface area contributed by atoms with Crippen molar-refractivity contribution in [1.29, 1.82) is 0 Å². The molecule has 0 saturated carbocycles. The predicted octanol–water partition coefficient (Wildman–Crippen LogP) is 1.81. The number of nitrogens with one attached hydrogen (secondary N) is 1. The molecular formula is C18H23N5O. The van der Waals surface area contributed by atoms with Gasteiger partial charge in [0.05, 0.1) is 6.54 Å². The van der Waals surface area contributed by atoms with Crippen LogP contribution in [0.2, 0.25) is 0 Å². The van der Waals surface area contributed by atoms with E-state index in [-0.39, 0.29) is 18.5 Å². The first-order valence-electron chi connectivity index (χ1n) is 8.12. The van der Waals surface area contributed by atoms with Gasteiger partial charge in [0, 0.05) is 41.6 Å². The van der Waals surface area contributed by atoms with Crippen molar-refractivity contribution < 1.29 is 4.79 Å². The van der Waals surface area contributed by atoms with Crippen LogP contribution in [-0.4, -0.2) is 26.3 Å². The lowest BCUT2D eigenvalue weighted by Crippen LogP contribution is -2.30. The molecule has 3 rings (SSSR count). The number of benzene rings is 1. The Bertz CT molecular complexity index is 835. The van der Waals surface area contributed by atoms with Gasteiger partial charge in [-0.1, -0.05) is 18.2 Å². The molecule has 0 aliphatic heterocycles. The number of carbonyl (C=O) groups excluding carboxylic acids is 1. The molecule has 0 spiro atoms. The van der Waals surface area contributed by atoms with Crippen LogP contribution in [-0.2, 0) is 24.4 Å². The molecule has 24 heavy (non-hydrogen) atoms. The smallest absolute Gasteiger partial charge is 0.237 e. The molecule has 3 N–H and O–H groups in total. The number of hydrogen-bond acceptors (Lipinski definition) is 3. The summed E-state index contributed by atoms with van der Waals surface area (Å²) in [5.74, 6) is -0.328. The highest BCUT2D eigenvalue weighted by molar-refractivity contribution is 5.87. The van der Waals surface area contributed by atoms with Gasteiger partial charge in [-0.2, -0.15) is 5.10 Å². The number of aromatic nitrogens is 3. The fraction of sp³-hybridized carbons (Fsp3) is 0.333. The summed E-state index contributed by atoms with van der Waals surface area (Å²) < 4.78 is 3.91. The van der Waals surface area contributed by atoms with Crippen molar-refractivity contribution >= 4 is 16.8 Å². The Labute approximate surface area is 141 Å². The minimum absolute atomic E-state index is 0.204. The SMILES string of the molecule is Cc1c(CN[C@H](C)Cn2cccn2)c2ccccc2n1CC(N)=O. The summed E-state index contributed by atoms with van der Waals surface area (Å²) in [4.78, 5) is 11.4. The van der Waals surface area contributed by atoms with Crippen molar-refractivity contribution in [1.82, 2.24) is 19.7 Å². The number of nitrogens with zero attached hydrogens (tertiary/aromatic N) is 3. The van der Waals surface area contributed by atoms with Crippen molar-refractivity contribution in [2.75, 3.05) is 0 Å². The van der Waals surface area contributed by atoms with E-state index in [0.717, 1.165) is 29.7 Å². The van der Waals surface area contributed by atoms with E-state index >= 15 is 0 Å². The van der Waals surface area contributed by atoms with Crippen LogP contribution in [0, 0.1) is 6.92 Å². The van der Waals surface area contributed by atoms with Crippen LogP contribution in [0.15, 0.2) is 42.7 Å². The molecule has 2 aromatic heterocycles. The van der Waals surface area contributed by atoms with Gasteiger partial charge in [-0.25, -0.2) is 0 Å². The zero-order valence-electron chi connectivity index (χ0n) is 14.1. The zero-order valence-corrected chi connectivity index (χ0v) is 14.1. The van der Waals surface area contributed by atoms with Gasteiger partial charge in [0.25, 0.3) is 0 Å². The Kier molecular flexibility index (Phi) is 4.66. The van der Waals surface area contributed by atoms with Gasteiger partial charge in [0.2, 0.25) is 5.91 Å². The molecule has 6 heteroatoms. The molecule has 2 heterocycles. The second-order valence-electron chi connectivity index (χ2n) is 6.14. The summed E-state index contributed by atoms with van der Waals surface area (Å²) in [6.07, 6.45) is 3.75. The topological polar surface area (TPSA) is 77.9 Å². The van der Waals surface area contributed by atoms with Crippen LogP contribution < -0.4 is 11.1 Å². The lowest BCUT2D eigenvalue weighted by Gasteiger charge is -2.14. The minimum Gasteiger partial charge on any atom is -0.368 e. The third-order valence-electron chi connectivity index (χ3n) is 4.32. The Balaban J connectivity index is 1.81. The van der Waals surface area contributed by atoms with Crippen molar-refractivity contribution in [3.63, 3.8) is 0 Å². The van der Waals surface area contributed by atoms with Gasteiger partial charge < -0.3 is 15.6 Å². The van der Waals surface area contributed by atoms with Gasteiger partial charge in [-0.05, 0) is 31.5 Å². The van der Waals surface area contributed by atoms with Gasteiger partial charge in [0.1, 0.15) is 6.54 Å². The third-order valence-corrected chi connectivity index (χ3v) is 4.32. The average Bonchev–Trinajstić information content (AvgIpc) is 3.13. The second-order valence-corrected chi connectivity index (χ2v) is 6.14. The van der Waals surface area contributed by atoms with Gasteiger partial charge >= 0.3 is 0 Å². The van der Waals surface area contributed by atoms with E-state index in [4.69, 9.17) is 5.73 Å². The first-order valence-corrected chi connectivity index (χ1v) is 8.12. The van der Waals surface area contributed by atoms with Gasteiger partial charge in [-0.15, -0.1) is 0 Å². The Morgan fingerprint density at radius 3 is 2.83 bits per heavy atom. The number of rotatable bonds is 7. The summed E-state index contributed by atoms with van der Waals surface area (Å²) in [5.41, 5.74) is 8.74. The molecule has 0 aliphatic rings. The Hall–Kier alpha value is -2.60. The highest BCUT2D eigenvalue weighted by Crippen LogP contribution is 2.25. The minimum atomic E-state index is -0.328. The molecule has 0 unspecified atom stereocenters. The second kappa shape index (κ2) is 6.88. The van der Waals surface area contributed by atoms with Crippen molar-refractivity contribution in [2.45, 2.75) is 39.5 Å². The Morgan fingerprint density at radius 2 is 2.12 bits per heavy atom. The van der Waals surface area contributed by atoms with E-state index < -0.39 is 0 Å². The fourth-order valence-corrected chi connectivity index (χ4v) is 3.12. The lowest BCUT2D eigenvalue weighted by atomic mass is 10.1. The molecule has 0 aliphatic carbocycles. The summed E-state index contributed by atoms with van der Waals surface area (Å²) in [5, 5.41) is 8.95. The molecule has 0 radical (unpaired) electrons. The maximum absolute atomic E-state index is 11.4. The van der Waals surface area contributed by atoms with E-state index in [0.29, 0.717) is 0 Å². The van der Waals surface area contributed by atoms with E-state index in [1.807, 2.05) is 46.6 Å². The van der Waals surface area contributed by atoms with E-state index in [2.05, 4.69) is 23.4 Å². The van der Waals surface area contributed by atoms with E-state index in [1.165, 1.54) is 5.56 Å². The monoisotopic (exact) mass is 325 g/mol. The predicted molar refractivity (Wildman–Crippen MR) is 94.4 cm³/mol. The molecule has 1 atom stereocenters. The first-order chi connectivity index (χ1) is 11.6. The number of hydrogen-bond donors (Lipinski definition) is 2. The first kappa shape index (κ1) is 16.3. The standard InChI is InChI=1S/C18H23N5O/c1-13(11-22-9-5-8-21-22)20-10-16-14(2)23(12-18(19)24)17-7-4-3-6-15(16)17/h3-9,13,20H,10-12H2,1-2H3,(H2,19,24)/t13-/m1/s1. The van der Waals surface area contributed by atoms with E-state index in [1.54, 1.807) is 6.20 Å². The number of carbonyl (C=O) groups is 1. The quantitative estimate of drug-likeness (QED) is 0.695. The summed E-state index contributed by atoms with van der Waals surface area (Å²) in [6.45, 7) is 5.93. The molecule has 6 nitrogen and oxygen atoms in total. The van der Waals surface area contributed by atoms with Crippen molar-refractivity contribution in [3.05, 3.63) is 54.0 Å². The maximum atomic E-state index is 11.4. The molecule has 0 fully saturated rings. The molecular weight excluding hydrogens is 302 g/mol. The molecule has 0 bridgehead atoms. The molecule has 3 aromatic rings. The van der Waals surface area contributed by atoms with Crippen LogP contribution in [0.3, 0.4) is 0 Å². The third kappa shape index (κ3) is 3.33. The summed E-state index contributed by atoms with van der Waals surface area (Å²) >= 11 is 0. The maximum Gasteiger partial charge on any atom is 0.237 e. The number of amides is 1. The largest absolute Gasteiger partial charge is 0.368 e. The molecule has 1 amide bonds. The van der Waals surface area contributed by atoms with Crippen LogP contribution >= 0.6 is 0 Å². The van der Waals surface area contributed by atoms with Crippen LogP contribution in [0.4, 0.5) is 0 Å². The number of fused-ring (bicyclic) bond motifs is 1. The molecule has 126 valence electrons. The Morgan fingerprint density at radius 1 is 1.33 bits per heavy atom. The van der Waals surface area contributed by atoms with Gasteiger partial charge in [-0.3, -0.25) is 9.48 Å².